The molecule has 1 saturated heterocycles. The second kappa shape index (κ2) is 9.19. The van der Waals surface area contributed by atoms with Crippen molar-refractivity contribution in [2.45, 2.75) is 71.4 Å². The number of likely N-dealkylation sites (tertiary alicyclic amines) is 1. The fraction of sp³-hybridized carbons (Fsp3) is 0.650. The molecule has 4 heteroatoms. The largest absolute Gasteiger partial charge is 0.392 e. The number of benzene rings is 1. The quantitative estimate of drug-likeness (QED) is 0.805. The van der Waals surface area contributed by atoms with Crippen molar-refractivity contribution < 1.29 is 9.90 Å². The van der Waals surface area contributed by atoms with Crippen LogP contribution in [0.1, 0.15) is 57.6 Å². The molecule has 1 aliphatic heterocycles. The predicted molar refractivity (Wildman–Crippen MR) is 99.3 cm³/mol. The van der Waals surface area contributed by atoms with Crippen molar-refractivity contribution in [3.8, 4) is 0 Å². The highest BCUT2D eigenvalue weighted by molar-refractivity contribution is 5.93. The molecule has 0 aromatic heterocycles. The first-order chi connectivity index (χ1) is 11.6. The minimum atomic E-state index is -0.341. The lowest BCUT2D eigenvalue weighted by molar-refractivity contribution is -0.119. The van der Waals surface area contributed by atoms with Gasteiger partial charge in [0.25, 0.3) is 0 Å². The number of carbonyl (C=O) groups excluding carboxylic acids is 1. The number of anilines is 1. The molecule has 2 unspecified atom stereocenters. The Morgan fingerprint density at radius 1 is 1.25 bits per heavy atom. The zero-order chi connectivity index (χ0) is 17.5. The molecule has 1 amide bonds. The molecule has 2 atom stereocenters. The number of aliphatic hydroxyl groups is 1. The van der Waals surface area contributed by atoms with E-state index in [2.05, 4.69) is 42.3 Å². The fourth-order valence-corrected chi connectivity index (χ4v) is 3.69. The van der Waals surface area contributed by atoms with Crippen LogP contribution in [0.15, 0.2) is 18.2 Å². The summed E-state index contributed by atoms with van der Waals surface area (Å²) >= 11 is 0. The Morgan fingerprint density at radius 3 is 2.50 bits per heavy atom. The number of para-hydroxylation sites is 1. The van der Waals surface area contributed by atoms with Gasteiger partial charge in [-0.05, 0) is 49.8 Å². The molecule has 0 bridgehead atoms. The Morgan fingerprint density at radius 2 is 1.92 bits per heavy atom. The van der Waals surface area contributed by atoms with Crippen LogP contribution in [-0.4, -0.2) is 41.1 Å². The second-order valence-corrected chi connectivity index (χ2v) is 6.72. The van der Waals surface area contributed by atoms with Gasteiger partial charge in [0.15, 0.2) is 0 Å². The van der Waals surface area contributed by atoms with Crippen LogP contribution >= 0.6 is 0 Å². The lowest BCUT2D eigenvalue weighted by Gasteiger charge is -2.37. The van der Waals surface area contributed by atoms with Crippen molar-refractivity contribution in [3.05, 3.63) is 29.3 Å². The number of carbonyl (C=O) groups is 1. The average molecular weight is 332 g/mol. The van der Waals surface area contributed by atoms with E-state index in [-0.39, 0.29) is 18.1 Å². The highest BCUT2D eigenvalue weighted by Crippen LogP contribution is 2.24. The normalized spacial score (nSPS) is 19.9. The summed E-state index contributed by atoms with van der Waals surface area (Å²) in [6, 6.07) is 6.34. The van der Waals surface area contributed by atoms with Crippen molar-refractivity contribution in [1.82, 2.24) is 4.90 Å². The zero-order valence-electron chi connectivity index (χ0n) is 15.3. The Kier molecular flexibility index (Phi) is 7.25. The summed E-state index contributed by atoms with van der Waals surface area (Å²) in [6.07, 6.45) is 5.43. The van der Waals surface area contributed by atoms with E-state index in [1.165, 1.54) is 11.1 Å². The van der Waals surface area contributed by atoms with E-state index in [0.717, 1.165) is 50.8 Å². The third kappa shape index (κ3) is 4.58. The minimum absolute atomic E-state index is 0.0285. The molecule has 1 heterocycles. The Balaban J connectivity index is 2.07. The van der Waals surface area contributed by atoms with E-state index >= 15 is 0 Å². The average Bonchev–Trinajstić information content (AvgIpc) is 2.61. The first kappa shape index (κ1) is 18.9. The molecule has 1 fully saturated rings. The van der Waals surface area contributed by atoms with E-state index in [1.54, 1.807) is 0 Å². The van der Waals surface area contributed by atoms with Crippen LogP contribution in [0.4, 0.5) is 5.69 Å². The molecule has 2 rings (SSSR count). The fourth-order valence-electron chi connectivity index (χ4n) is 3.69. The van der Waals surface area contributed by atoms with Crippen LogP contribution in [0.2, 0.25) is 0 Å². The molecule has 0 radical (unpaired) electrons. The van der Waals surface area contributed by atoms with Gasteiger partial charge in [-0.3, -0.25) is 9.69 Å². The number of aliphatic hydroxyl groups excluding tert-OH is 1. The molecule has 1 aliphatic rings. The highest BCUT2D eigenvalue weighted by Gasteiger charge is 2.29. The summed E-state index contributed by atoms with van der Waals surface area (Å²) in [5.74, 6) is 0.0285. The minimum Gasteiger partial charge on any atom is -0.392 e. The van der Waals surface area contributed by atoms with E-state index in [4.69, 9.17) is 0 Å². The topological polar surface area (TPSA) is 52.6 Å². The van der Waals surface area contributed by atoms with Crippen molar-refractivity contribution in [3.63, 3.8) is 0 Å². The maximum absolute atomic E-state index is 12.6. The highest BCUT2D eigenvalue weighted by atomic mass is 16.3. The van der Waals surface area contributed by atoms with Gasteiger partial charge in [0.1, 0.15) is 0 Å². The smallest absolute Gasteiger partial charge is 0.238 e. The SMILES string of the molecule is CCc1cccc(CC)c1NC(=O)CN1CCCCC1C(O)CC. The number of hydrogen-bond acceptors (Lipinski definition) is 3. The van der Waals surface area contributed by atoms with Crippen LogP contribution in [0.25, 0.3) is 0 Å². The molecule has 1 aromatic rings. The molecule has 0 aliphatic carbocycles. The molecule has 0 saturated carbocycles. The van der Waals surface area contributed by atoms with Gasteiger partial charge in [0.2, 0.25) is 5.91 Å². The molecule has 4 nitrogen and oxygen atoms in total. The monoisotopic (exact) mass is 332 g/mol. The molecule has 134 valence electrons. The number of amides is 1. The van der Waals surface area contributed by atoms with Gasteiger partial charge in [0.05, 0.1) is 12.6 Å². The Labute approximate surface area is 146 Å². The van der Waals surface area contributed by atoms with Gasteiger partial charge in [0, 0.05) is 11.7 Å². The van der Waals surface area contributed by atoms with Crippen LogP contribution in [0.5, 0.6) is 0 Å². The molecule has 1 aromatic carbocycles. The molecular formula is C20H32N2O2. The summed E-state index contributed by atoms with van der Waals surface area (Å²) in [5, 5.41) is 13.4. The van der Waals surface area contributed by atoms with Gasteiger partial charge in [-0.25, -0.2) is 0 Å². The molecule has 0 spiro atoms. The van der Waals surface area contributed by atoms with Gasteiger partial charge in [-0.1, -0.05) is 45.4 Å². The summed E-state index contributed by atoms with van der Waals surface area (Å²) < 4.78 is 0. The first-order valence-corrected chi connectivity index (χ1v) is 9.43. The molecular weight excluding hydrogens is 300 g/mol. The summed E-state index contributed by atoms with van der Waals surface area (Å²) in [6.45, 7) is 7.49. The number of nitrogens with zero attached hydrogens (tertiary/aromatic N) is 1. The van der Waals surface area contributed by atoms with Crippen LogP contribution in [-0.2, 0) is 17.6 Å². The van der Waals surface area contributed by atoms with Gasteiger partial charge < -0.3 is 10.4 Å². The Bertz CT molecular complexity index is 522. The van der Waals surface area contributed by atoms with Gasteiger partial charge in [-0.2, -0.15) is 0 Å². The third-order valence-corrected chi connectivity index (χ3v) is 5.14. The van der Waals surface area contributed by atoms with Crippen molar-refractivity contribution in [2.75, 3.05) is 18.4 Å². The van der Waals surface area contributed by atoms with Crippen molar-refractivity contribution in [1.29, 1.82) is 0 Å². The van der Waals surface area contributed by atoms with Crippen molar-refractivity contribution in [2.24, 2.45) is 0 Å². The maximum Gasteiger partial charge on any atom is 0.238 e. The number of rotatable bonds is 7. The number of aryl methyl sites for hydroxylation is 2. The lowest BCUT2D eigenvalue weighted by Crippen LogP contribution is -2.49. The standard InChI is InChI=1S/C20H32N2O2/c1-4-15-10-9-11-16(5-2)20(15)21-19(24)14-22-13-8-7-12-17(22)18(23)6-3/h9-11,17-18,23H,4-8,12-14H2,1-3H3,(H,21,24). The first-order valence-electron chi connectivity index (χ1n) is 9.43. The third-order valence-electron chi connectivity index (χ3n) is 5.14. The molecule has 24 heavy (non-hydrogen) atoms. The predicted octanol–water partition coefficient (Wildman–Crippen LogP) is 3.38. The van der Waals surface area contributed by atoms with E-state index in [9.17, 15) is 9.90 Å². The summed E-state index contributed by atoms with van der Waals surface area (Å²) in [4.78, 5) is 14.8. The summed E-state index contributed by atoms with van der Waals surface area (Å²) in [7, 11) is 0. The summed E-state index contributed by atoms with van der Waals surface area (Å²) in [5.41, 5.74) is 3.36. The molecule has 2 N–H and O–H groups in total. The van der Waals surface area contributed by atoms with Gasteiger partial charge in [-0.15, -0.1) is 0 Å². The number of hydrogen-bond donors (Lipinski definition) is 2. The maximum atomic E-state index is 12.6. The Hall–Kier alpha value is -1.39. The van der Waals surface area contributed by atoms with E-state index in [0.29, 0.717) is 6.54 Å². The number of nitrogens with one attached hydrogen (secondary N) is 1. The lowest BCUT2D eigenvalue weighted by atomic mass is 9.96. The van der Waals surface area contributed by atoms with Crippen molar-refractivity contribution >= 4 is 11.6 Å². The van der Waals surface area contributed by atoms with Crippen LogP contribution < -0.4 is 5.32 Å². The van der Waals surface area contributed by atoms with Gasteiger partial charge >= 0.3 is 0 Å². The number of piperidine rings is 1. The van der Waals surface area contributed by atoms with Crippen LogP contribution in [0, 0.1) is 0 Å². The van der Waals surface area contributed by atoms with E-state index < -0.39 is 0 Å². The van der Waals surface area contributed by atoms with Crippen LogP contribution in [0.3, 0.4) is 0 Å². The second-order valence-electron chi connectivity index (χ2n) is 6.72. The van der Waals surface area contributed by atoms with E-state index in [1.807, 2.05) is 6.92 Å². The zero-order valence-corrected chi connectivity index (χ0v) is 15.3.